The number of hydrogen-bond donors (Lipinski definition) is 1. The van der Waals surface area contributed by atoms with E-state index in [0.717, 1.165) is 17.7 Å². The molecule has 0 aliphatic heterocycles. The van der Waals surface area contributed by atoms with E-state index in [1.54, 1.807) is 13.0 Å². The Labute approximate surface area is 121 Å². The molecule has 0 aliphatic rings. The largest absolute Gasteiger partial charge is 0.496 e. The smallest absolute Gasteiger partial charge is 0.254 e. The van der Waals surface area contributed by atoms with Crippen LogP contribution >= 0.6 is 0 Å². The van der Waals surface area contributed by atoms with Gasteiger partial charge in [-0.3, -0.25) is 4.79 Å². The molecule has 1 unspecified atom stereocenters. The Morgan fingerprint density at radius 2 is 1.90 bits per heavy atom. The molecule has 1 N–H and O–H groups in total. The van der Waals surface area contributed by atoms with Gasteiger partial charge in [0.15, 0.2) is 0 Å². The van der Waals surface area contributed by atoms with E-state index in [0.29, 0.717) is 11.8 Å². The Balaban J connectivity index is 2.19. The van der Waals surface area contributed by atoms with E-state index in [-0.39, 0.29) is 11.6 Å². The highest BCUT2D eigenvalue weighted by Crippen LogP contribution is 2.24. The van der Waals surface area contributed by atoms with E-state index < -0.39 is 17.5 Å². The third-order valence-electron chi connectivity index (χ3n) is 3.13. The van der Waals surface area contributed by atoms with Crippen LogP contribution in [0.25, 0.3) is 0 Å². The van der Waals surface area contributed by atoms with Gasteiger partial charge < -0.3 is 10.1 Å². The first-order valence-electron chi connectivity index (χ1n) is 6.41. The molecule has 0 bridgehead atoms. The molecule has 1 atom stereocenters. The number of methoxy groups -OCH3 is 1. The van der Waals surface area contributed by atoms with Gasteiger partial charge in [-0.15, -0.1) is 0 Å². The first kappa shape index (κ1) is 15.0. The van der Waals surface area contributed by atoms with E-state index in [9.17, 15) is 13.6 Å². The van der Waals surface area contributed by atoms with Crippen LogP contribution in [0.5, 0.6) is 5.75 Å². The van der Waals surface area contributed by atoms with Crippen LogP contribution in [0.3, 0.4) is 0 Å². The van der Waals surface area contributed by atoms with Gasteiger partial charge in [-0.1, -0.05) is 18.2 Å². The van der Waals surface area contributed by atoms with Crippen LogP contribution < -0.4 is 10.1 Å². The van der Waals surface area contributed by atoms with Crippen molar-refractivity contribution in [2.45, 2.75) is 13.0 Å². The average Bonchev–Trinajstić information content (AvgIpc) is 2.46. The molecule has 0 fully saturated rings. The van der Waals surface area contributed by atoms with E-state index >= 15 is 0 Å². The molecule has 2 rings (SSSR count). The van der Waals surface area contributed by atoms with Crippen molar-refractivity contribution in [2.24, 2.45) is 0 Å². The van der Waals surface area contributed by atoms with Gasteiger partial charge in [0.2, 0.25) is 0 Å². The average molecular weight is 291 g/mol. The van der Waals surface area contributed by atoms with Crippen LogP contribution in [-0.2, 0) is 0 Å². The van der Waals surface area contributed by atoms with Gasteiger partial charge in [0.1, 0.15) is 17.4 Å². The van der Waals surface area contributed by atoms with Gasteiger partial charge in [0.05, 0.1) is 18.7 Å². The van der Waals surface area contributed by atoms with Crippen molar-refractivity contribution in [3.63, 3.8) is 0 Å². The van der Waals surface area contributed by atoms with Gasteiger partial charge in [-0.2, -0.15) is 0 Å². The molecule has 2 aromatic rings. The van der Waals surface area contributed by atoms with Gasteiger partial charge in [0.25, 0.3) is 5.91 Å². The zero-order chi connectivity index (χ0) is 15.4. The van der Waals surface area contributed by atoms with E-state index in [1.165, 1.54) is 7.11 Å². The van der Waals surface area contributed by atoms with Crippen LogP contribution in [0.2, 0.25) is 0 Å². The summed E-state index contributed by atoms with van der Waals surface area (Å²) in [4.78, 5) is 12.0. The summed E-state index contributed by atoms with van der Waals surface area (Å²) >= 11 is 0. The quantitative estimate of drug-likeness (QED) is 0.936. The fraction of sp³-hybridized carbons (Fsp3) is 0.188. The van der Waals surface area contributed by atoms with Crippen molar-refractivity contribution in [2.75, 3.05) is 7.11 Å². The summed E-state index contributed by atoms with van der Waals surface area (Å²) in [6.45, 7) is 1.76. The number of ether oxygens (including phenoxy) is 1. The lowest BCUT2D eigenvalue weighted by Crippen LogP contribution is -2.27. The minimum Gasteiger partial charge on any atom is -0.496 e. The minimum atomic E-state index is -0.889. The summed E-state index contributed by atoms with van der Waals surface area (Å²) in [6, 6.07) is 9.69. The first-order chi connectivity index (χ1) is 10.0. The molecule has 21 heavy (non-hydrogen) atoms. The Morgan fingerprint density at radius 3 is 2.57 bits per heavy atom. The van der Waals surface area contributed by atoms with Crippen molar-refractivity contribution >= 4 is 5.91 Å². The predicted molar refractivity (Wildman–Crippen MR) is 75.2 cm³/mol. The molecule has 110 valence electrons. The van der Waals surface area contributed by atoms with Gasteiger partial charge in [-0.25, -0.2) is 8.78 Å². The number of hydrogen-bond acceptors (Lipinski definition) is 2. The Hall–Kier alpha value is -2.43. The fourth-order valence-electron chi connectivity index (χ4n) is 2.05. The topological polar surface area (TPSA) is 38.3 Å². The summed E-state index contributed by atoms with van der Waals surface area (Å²) in [6.07, 6.45) is 0. The molecule has 0 saturated heterocycles. The summed E-state index contributed by atoms with van der Waals surface area (Å²) in [7, 11) is 1.53. The van der Waals surface area contributed by atoms with Crippen LogP contribution in [-0.4, -0.2) is 13.0 Å². The molecular formula is C16H15F2NO2. The lowest BCUT2D eigenvalue weighted by molar-refractivity contribution is 0.0935. The van der Waals surface area contributed by atoms with Crippen LogP contribution in [0.15, 0.2) is 42.5 Å². The third kappa shape index (κ3) is 3.37. The second-order valence-electron chi connectivity index (χ2n) is 4.56. The maximum absolute atomic E-state index is 13.6. The van der Waals surface area contributed by atoms with Crippen LogP contribution in [0, 0.1) is 11.6 Å². The number of benzene rings is 2. The van der Waals surface area contributed by atoms with Crippen LogP contribution in [0.4, 0.5) is 8.78 Å². The number of amides is 1. The number of rotatable bonds is 4. The fourth-order valence-corrected chi connectivity index (χ4v) is 2.05. The highest BCUT2D eigenvalue weighted by atomic mass is 19.1. The number of carbonyl (C=O) groups is 1. The van der Waals surface area contributed by atoms with Crippen molar-refractivity contribution in [3.8, 4) is 5.75 Å². The normalized spacial score (nSPS) is 11.8. The lowest BCUT2D eigenvalue weighted by atomic mass is 10.1. The monoisotopic (exact) mass is 291 g/mol. The Morgan fingerprint density at radius 1 is 1.19 bits per heavy atom. The van der Waals surface area contributed by atoms with E-state index in [2.05, 4.69) is 5.32 Å². The SMILES string of the molecule is COc1ccccc1C(C)NC(=O)c1ccc(F)cc1F. The Bertz CT molecular complexity index is 658. The molecule has 0 radical (unpaired) electrons. The predicted octanol–water partition coefficient (Wildman–Crippen LogP) is 3.46. The van der Waals surface area contributed by atoms with Crippen molar-refractivity contribution in [1.29, 1.82) is 0 Å². The highest BCUT2D eigenvalue weighted by molar-refractivity contribution is 5.94. The molecule has 5 heteroatoms. The molecule has 3 nitrogen and oxygen atoms in total. The lowest BCUT2D eigenvalue weighted by Gasteiger charge is -2.17. The molecular weight excluding hydrogens is 276 g/mol. The third-order valence-corrected chi connectivity index (χ3v) is 3.13. The van der Waals surface area contributed by atoms with Crippen LogP contribution in [0.1, 0.15) is 28.9 Å². The minimum absolute atomic E-state index is 0.196. The zero-order valence-electron chi connectivity index (χ0n) is 11.7. The summed E-state index contributed by atoms with van der Waals surface area (Å²) in [5.74, 6) is -1.59. The van der Waals surface area contributed by atoms with Crippen molar-refractivity contribution in [1.82, 2.24) is 5.32 Å². The number of nitrogens with one attached hydrogen (secondary N) is 1. The molecule has 1 amide bonds. The number of carbonyl (C=O) groups excluding carboxylic acids is 1. The Kier molecular flexibility index (Phi) is 4.52. The van der Waals surface area contributed by atoms with Gasteiger partial charge >= 0.3 is 0 Å². The number of halogens is 2. The first-order valence-corrected chi connectivity index (χ1v) is 6.41. The zero-order valence-corrected chi connectivity index (χ0v) is 11.7. The van der Waals surface area contributed by atoms with Crippen molar-refractivity contribution < 1.29 is 18.3 Å². The van der Waals surface area contributed by atoms with Crippen molar-refractivity contribution in [3.05, 3.63) is 65.2 Å². The molecule has 0 spiro atoms. The molecule has 0 aromatic heterocycles. The van der Waals surface area contributed by atoms with E-state index in [1.807, 2.05) is 18.2 Å². The maximum Gasteiger partial charge on any atom is 0.254 e. The molecule has 0 saturated carbocycles. The maximum atomic E-state index is 13.6. The second kappa shape index (κ2) is 6.35. The second-order valence-corrected chi connectivity index (χ2v) is 4.56. The molecule has 0 aliphatic carbocycles. The standard InChI is InChI=1S/C16H15F2NO2/c1-10(12-5-3-4-6-15(12)21-2)19-16(20)13-8-7-11(17)9-14(13)18/h3-10H,1-2H3,(H,19,20). The summed E-state index contributed by atoms with van der Waals surface area (Å²) in [5.41, 5.74) is 0.578. The highest BCUT2D eigenvalue weighted by Gasteiger charge is 2.17. The van der Waals surface area contributed by atoms with E-state index in [4.69, 9.17) is 4.74 Å². The number of para-hydroxylation sites is 1. The van der Waals surface area contributed by atoms with Gasteiger partial charge in [0, 0.05) is 11.6 Å². The molecule has 2 aromatic carbocycles. The molecule has 0 heterocycles. The summed E-state index contributed by atoms with van der Waals surface area (Å²) < 4.78 is 31.6. The van der Waals surface area contributed by atoms with Gasteiger partial charge in [-0.05, 0) is 25.1 Å². The summed E-state index contributed by atoms with van der Waals surface area (Å²) in [5, 5.41) is 2.67.